The van der Waals surface area contributed by atoms with Gasteiger partial charge in [0.15, 0.2) is 11.5 Å². The Hall–Kier alpha value is -1.68. The van der Waals surface area contributed by atoms with Gasteiger partial charge >= 0.3 is 0 Å². The summed E-state index contributed by atoms with van der Waals surface area (Å²) < 4.78 is 5.47. The van der Waals surface area contributed by atoms with Crippen LogP contribution >= 0.6 is 11.3 Å². The molecule has 2 heterocycles. The molecular formula is C11H8N2OS. The van der Waals surface area contributed by atoms with Crippen molar-refractivity contribution < 1.29 is 4.42 Å². The Morgan fingerprint density at radius 1 is 1.33 bits per heavy atom. The van der Waals surface area contributed by atoms with Crippen LogP contribution in [0.3, 0.4) is 0 Å². The minimum atomic E-state index is 0.696. The van der Waals surface area contributed by atoms with Crippen LogP contribution in [0.4, 0.5) is 0 Å². The minimum Gasteiger partial charge on any atom is -0.441 e. The molecule has 0 amide bonds. The second-order valence-corrected chi connectivity index (χ2v) is 4.15. The first-order valence-electron chi connectivity index (χ1n) is 4.60. The first-order chi connectivity index (χ1) is 7.33. The Bertz CT molecular complexity index is 598. The highest BCUT2D eigenvalue weighted by atomic mass is 32.1. The van der Waals surface area contributed by atoms with Gasteiger partial charge in [-0.15, -0.1) is 11.3 Å². The number of aromatic nitrogens is 2. The lowest BCUT2D eigenvalue weighted by Crippen LogP contribution is -1.75. The highest BCUT2D eigenvalue weighted by Crippen LogP contribution is 2.25. The quantitative estimate of drug-likeness (QED) is 0.626. The van der Waals surface area contributed by atoms with Crippen LogP contribution in [0.15, 0.2) is 34.2 Å². The van der Waals surface area contributed by atoms with Crippen molar-refractivity contribution in [2.75, 3.05) is 0 Å². The average Bonchev–Trinajstić information content (AvgIpc) is 2.82. The fourth-order valence-corrected chi connectivity index (χ4v) is 2.17. The lowest BCUT2D eigenvalue weighted by molar-refractivity contribution is 0.561. The van der Waals surface area contributed by atoms with E-state index < -0.39 is 0 Å². The van der Waals surface area contributed by atoms with E-state index >= 15 is 0 Å². The Morgan fingerprint density at radius 3 is 3.07 bits per heavy atom. The van der Waals surface area contributed by atoms with Crippen LogP contribution in [0.5, 0.6) is 0 Å². The van der Waals surface area contributed by atoms with Crippen LogP contribution in [0.1, 0.15) is 5.89 Å². The predicted octanol–water partition coefficient (Wildman–Crippen LogP) is 3.26. The molecule has 74 valence electrons. The van der Waals surface area contributed by atoms with Gasteiger partial charge in [-0.3, -0.25) is 0 Å². The van der Waals surface area contributed by atoms with E-state index in [0.717, 1.165) is 21.7 Å². The van der Waals surface area contributed by atoms with Crippen molar-refractivity contribution in [1.29, 1.82) is 0 Å². The molecule has 0 unspecified atom stereocenters. The van der Waals surface area contributed by atoms with Crippen LogP contribution in [-0.4, -0.2) is 9.97 Å². The number of aryl methyl sites for hydroxylation is 1. The number of benzene rings is 1. The Kier molecular flexibility index (Phi) is 1.82. The van der Waals surface area contributed by atoms with E-state index in [1.54, 1.807) is 17.5 Å². The topological polar surface area (TPSA) is 38.9 Å². The summed E-state index contributed by atoms with van der Waals surface area (Å²) in [4.78, 5) is 8.51. The van der Waals surface area contributed by atoms with Crippen molar-refractivity contribution in [3.63, 3.8) is 0 Å². The molecule has 15 heavy (non-hydrogen) atoms. The number of rotatable bonds is 1. The van der Waals surface area contributed by atoms with Gasteiger partial charge in [0.05, 0.1) is 0 Å². The predicted molar refractivity (Wildman–Crippen MR) is 59.9 cm³/mol. The van der Waals surface area contributed by atoms with Crippen LogP contribution in [0.25, 0.3) is 21.7 Å². The molecule has 0 atom stereocenters. The maximum absolute atomic E-state index is 5.47. The van der Waals surface area contributed by atoms with Gasteiger partial charge in [0.1, 0.15) is 10.5 Å². The standard InChI is InChI=1S/C11H8N2OS/c1-7-13-9-3-2-8(6-10(9)14-7)11-12-4-5-15-11/h2-6H,1H3. The lowest BCUT2D eigenvalue weighted by atomic mass is 10.2. The van der Waals surface area contributed by atoms with Crippen molar-refractivity contribution >= 4 is 22.4 Å². The second-order valence-electron chi connectivity index (χ2n) is 3.25. The van der Waals surface area contributed by atoms with Crippen molar-refractivity contribution in [1.82, 2.24) is 9.97 Å². The molecule has 0 saturated carbocycles. The van der Waals surface area contributed by atoms with Gasteiger partial charge in [-0.05, 0) is 18.2 Å². The molecule has 0 fully saturated rings. The average molecular weight is 216 g/mol. The van der Waals surface area contributed by atoms with E-state index in [2.05, 4.69) is 9.97 Å². The first-order valence-corrected chi connectivity index (χ1v) is 5.48. The summed E-state index contributed by atoms with van der Waals surface area (Å²) in [7, 11) is 0. The number of fused-ring (bicyclic) bond motifs is 1. The summed E-state index contributed by atoms with van der Waals surface area (Å²) in [5.74, 6) is 0.696. The molecule has 0 N–H and O–H groups in total. The van der Waals surface area contributed by atoms with Crippen molar-refractivity contribution in [2.24, 2.45) is 0 Å². The maximum Gasteiger partial charge on any atom is 0.192 e. The number of nitrogens with zero attached hydrogens (tertiary/aromatic N) is 2. The normalized spacial score (nSPS) is 11.0. The molecule has 0 aliphatic heterocycles. The Labute approximate surface area is 90.4 Å². The second kappa shape index (κ2) is 3.17. The smallest absolute Gasteiger partial charge is 0.192 e. The Balaban J connectivity index is 2.21. The molecule has 3 aromatic rings. The van der Waals surface area contributed by atoms with Crippen molar-refractivity contribution in [3.8, 4) is 10.6 Å². The number of oxazole rings is 1. The van der Waals surface area contributed by atoms with E-state index in [0.29, 0.717) is 5.89 Å². The molecule has 3 rings (SSSR count). The van der Waals surface area contributed by atoms with Crippen molar-refractivity contribution in [3.05, 3.63) is 35.7 Å². The summed E-state index contributed by atoms with van der Waals surface area (Å²) in [6, 6.07) is 5.96. The fraction of sp³-hybridized carbons (Fsp3) is 0.0909. The molecule has 4 heteroatoms. The summed E-state index contributed by atoms with van der Waals surface area (Å²) in [6.07, 6.45) is 1.80. The van der Waals surface area contributed by atoms with Crippen molar-refractivity contribution in [2.45, 2.75) is 6.92 Å². The highest BCUT2D eigenvalue weighted by molar-refractivity contribution is 7.13. The summed E-state index contributed by atoms with van der Waals surface area (Å²) in [5.41, 5.74) is 2.79. The largest absolute Gasteiger partial charge is 0.441 e. The fourth-order valence-electron chi connectivity index (χ4n) is 1.54. The molecule has 0 aliphatic rings. The molecular weight excluding hydrogens is 208 g/mol. The molecule has 2 aromatic heterocycles. The van der Waals surface area contributed by atoms with E-state index in [9.17, 15) is 0 Å². The third-order valence-corrected chi connectivity index (χ3v) is 3.00. The maximum atomic E-state index is 5.47. The number of hydrogen-bond donors (Lipinski definition) is 0. The number of thiazole rings is 1. The zero-order chi connectivity index (χ0) is 10.3. The summed E-state index contributed by atoms with van der Waals surface area (Å²) in [6.45, 7) is 1.85. The molecule has 0 spiro atoms. The van der Waals surface area contributed by atoms with Gasteiger partial charge in [-0.2, -0.15) is 0 Å². The van der Waals surface area contributed by atoms with E-state index in [-0.39, 0.29) is 0 Å². The van der Waals surface area contributed by atoms with Crippen LogP contribution in [0.2, 0.25) is 0 Å². The molecule has 0 aliphatic carbocycles. The monoisotopic (exact) mass is 216 g/mol. The molecule has 1 aromatic carbocycles. The van der Waals surface area contributed by atoms with E-state index in [1.807, 2.05) is 30.5 Å². The zero-order valence-corrected chi connectivity index (χ0v) is 8.91. The molecule has 0 radical (unpaired) electrons. The third-order valence-electron chi connectivity index (χ3n) is 2.17. The SMILES string of the molecule is Cc1nc2ccc(-c3nccs3)cc2o1. The summed E-state index contributed by atoms with van der Waals surface area (Å²) >= 11 is 1.62. The van der Waals surface area contributed by atoms with Gasteiger partial charge in [0, 0.05) is 24.1 Å². The van der Waals surface area contributed by atoms with Gasteiger partial charge in [-0.25, -0.2) is 9.97 Å². The molecule has 0 bridgehead atoms. The Morgan fingerprint density at radius 2 is 2.27 bits per heavy atom. The van der Waals surface area contributed by atoms with Gasteiger partial charge in [-0.1, -0.05) is 0 Å². The zero-order valence-electron chi connectivity index (χ0n) is 8.10. The third kappa shape index (κ3) is 1.43. The molecule has 0 saturated heterocycles. The van der Waals surface area contributed by atoms with Crippen LogP contribution < -0.4 is 0 Å². The highest BCUT2D eigenvalue weighted by Gasteiger charge is 2.05. The lowest BCUT2D eigenvalue weighted by Gasteiger charge is -1.94. The van der Waals surface area contributed by atoms with Gasteiger partial charge in [0.25, 0.3) is 0 Å². The molecule has 3 nitrogen and oxygen atoms in total. The van der Waals surface area contributed by atoms with Crippen LogP contribution in [-0.2, 0) is 0 Å². The van der Waals surface area contributed by atoms with E-state index in [1.165, 1.54) is 0 Å². The summed E-state index contributed by atoms with van der Waals surface area (Å²) in [5, 5.41) is 2.97. The number of hydrogen-bond acceptors (Lipinski definition) is 4. The van der Waals surface area contributed by atoms with E-state index in [4.69, 9.17) is 4.42 Å². The minimum absolute atomic E-state index is 0.696. The first kappa shape index (κ1) is 8.61. The van der Waals surface area contributed by atoms with Gasteiger partial charge < -0.3 is 4.42 Å². The van der Waals surface area contributed by atoms with Crippen LogP contribution in [0, 0.1) is 6.92 Å². The van der Waals surface area contributed by atoms with Gasteiger partial charge in [0.2, 0.25) is 0 Å².